The van der Waals surface area contributed by atoms with E-state index in [2.05, 4.69) is 0 Å². The zero-order valence-electron chi connectivity index (χ0n) is 14.6. The number of sulfonamides is 1. The molecule has 0 aromatic heterocycles. The lowest BCUT2D eigenvalue weighted by Gasteiger charge is -2.24. The van der Waals surface area contributed by atoms with Crippen LogP contribution in [0.4, 0.5) is 5.69 Å². The van der Waals surface area contributed by atoms with Crippen LogP contribution in [0.25, 0.3) is 10.8 Å². The third-order valence-electron chi connectivity index (χ3n) is 4.00. The monoisotopic (exact) mass is 403 g/mol. The number of nitrogens with zero attached hydrogens (tertiary/aromatic N) is 1. The second kappa shape index (κ2) is 7.98. The third-order valence-corrected chi connectivity index (χ3v) is 6.02. The van der Waals surface area contributed by atoms with Crippen LogP contribution in [0.15, 0.2) is 71.6 Å². The number of esters is 1. The first kappa shape index (κ1) is 19.2. The summed E-state index contributed by atoms with van der Waals surface area (Å²) in [4.78, 5) is 12.1. The van der Waals surface area contributed by atoms with Gasteiger partial charge in [-0.3, -0.25) is 9.10 Å². The highest BCUT2D eigenvalue weighted by Crippen LogP contribution is 2.27. The lowest BCUT2D eigenvalue weighted by atomic mass is 10.1. The van der Waals surface area contributed by atoms with Gasteiger partial charge in [-0.1, -0.05) is 41.9 Å². The molecular weight excluding hydrogens is 386 g/mol. The molecule has 3 aromatic rings. The molecule has 0 N–H and O–H groups in total. The van der Waals surface area contributed by atoms with Gasteiger partial charge in [0.05, 0.1) is 17.2 Å². The summed E-state index contributed by atoms with van der Waals surface area (Å²) >= 11 is 5.91. The van der Waals surface area contributed by atoms with Crippen LogP contribution in [0.5, 0.6) is 0 Å². The molecule has 0 aliphatic rings. The highest BCUT2D eigenvalue weighted by Gasteiger charge is 2.28. The standard InChI is InChI=1S/C20H18ClNO4S/c1-2-26-20(23)14-22(18-10-8-17(21)9-11-18)27(24,25)19-12-7-15-5-3-4-6-16(15)13-19/h3-13H,2,14H2,1H3. The fraction of sp³-hybridized carbons (Fsp3) is 0.150. The zero-order chi connectivity index (χ0) is 19.4. The normalized spacial score (nSPS) is 11.3. The molecule has 0 aliphatic carbocycles. The number of carbonyl (C=O) groups excluding carboxylic acids is 1. The number of anilines is 1. The number of fused-ring (bicyclic) bond motifs is 1. The molecule has 3 aromatic carbocycles. The molecule has 0 atom stereocenters. The molecule has 5 nitrogen and oxygen atoms in total. The minimum atomic E-state index is -3.98. The van der Waals surface area contributed by atoms with Gasteiger partial charge in [-0.05, 0) is 54.1 Å². The highest BCUT2D eigenvalue weighted by molar-refractivity contribution is 7.92. The smallest absolute Gasteiger partial charge is 0.326 e. The van der Waals surface area contributed by atoms with E-state index in [1.165, 1.54) is 6.07 Å². The number of rotatable bonds is 6. The van der Waals surface area contributed by atoms with Gasteiger partial charge in [0, 0.05) is 5.02 Å². The number of halogens is 1. The minimum Gasteiger partial charge on any atom is -0.465 e. The van der Waals surface area contributed by atoms with Crippen molar-refractivity contribution in [1.82, 2.24) is 0 Å². The van der Waals surface area contributed by atoms with Crippen LogP contribution in [0.1, 0.15) is 6.92 Å². The summed E-state index contributed by atoms with van der Waals surface area (Å²) in [6.07, 6.45) is 0. The molecule has 0 radical (unpaired) electrons. The average Bonchev–Trinajstić information content (AvgIpc) is 2.66. The van der Waals surface area contributed by atoms with E-state index < -0.39 is 22.5 Å². The van der Waals surface area contributed by atoms with E-state index in [4.69, 9.17) is 16.3 Å². The summed E-state index contributed by atoms with van der Waals surface area (Å²) < 4.78 is 32.6. The van der Waals surface area contributed by atoms with Crippen LogP contribution in [0.2, 0.25) is 5.02 Å². The molecule has 0 heterocycles. The fourth-order valence-electron chi connectivity index (χ4n) is 2.70. The highest BCUT2D eigenvalue weighted by atomic mass is 35.5. The lowest BCUT2D eigenvalue weighted by Crippen LogP contribution is -2.36. The number of ether oxygens (including phenoxy) is 1. The number of hydrogen-bond donors (Lipinski definition) is 0. The van der Waals surface area contributed by atoms with E-state index in [0.717, 1.165) is 15.1 Å². The Morgan fingerprint density at radius 1 is 1.00 bits per heavy atom. The van der Waals surface area contributed by atoms with E-state index in [1.54, 1.807) is 43.3 Å². The maximum absolute atomic E-state index is 13.3. The van der Waals surface area contributed by atoms with Gasteiger partial charge in [0.1, 0.15) is 6.54 Å². The van der Waals surface area contributed by atoms with Crippen molar-refractivity contribution in [1.29, 1.82) is 0 Å². The largest absolute Gasteiger partial charge is 0.465 e. The van der Waals surface area contributed by atoms with Crippen molar-refractivity contribution in [2.75, 3.05) is 17.5 Å². The predicted molar refractivity (Wildman–Crippen MR) is 107 cm³/mol. The van der Waals surface area contributed by atoms with Crippen molar-refractivity contribution in [2.24, 2.45) is 0 Å². The number of carbonyl (C=O) groups is 1. The van der Waals surface area contributed by atoms with Gasteiger partial charge in [0.25, 0.3) is 10.0 Å². The van der Waals surface area contributed by atoms with Crippen LogP contribution < -0.4 is 4.31 Å². The van der Waals surface area contributed by atoms with Crippen molar-refractivity contribution < 1.29 is 17.9 Å². The van der Waals surface area contributed by atoms with Gasteiger partial charge < -0.3 is 4.74 Å². The second-order valence-corrected chi connectivity index (χ2v) is 8.10. The zero-order valence-corrected chi connectivity index (χ0v) is 16.2. The Labute approximate surface area is 163 Å². The van der Waals surface area contributed by atoms with Crippen molar-refractivity contribution in [3.63, 3.8) is 0 Å². The molecule has 7 heteroatoms. The predicted octanol–water partition coefficient (Wildman–Crippen LogP) is 4.25. The summed E-state index contributed by atoms with van der Waals surface area (Å²) in [6, 6.07) is 18.6. The molecule has 0 bridgehead atoms. The Hall–Kier alpha value is -2.57. The topological polar surface area (TPSA) is 63.7 Å². The first-order chi connectivity index (χ1) is 12.9. The molecule has 0 saturated heterocycles. The van der Waals surface area contributed by atoms with Crippen LogP contribution in [0.3, 0.4) is 0 Å². The van der Waals surface area contributed by atoms with Crippen molar-refractivity contribution in [3.8, 4) is 0 Å². The first-order valence-electron chi connectivity index (χ1n) is 8.34. The molecule has 0 amide bonds. The second-order valence-electron chi connectivity index (χ2n) is 5.80. The Kier molecular flexibility index (Phi) is 5.68. The molecule has 0 aliphatic heterocycles. The van der Waals surface area contributed by atoms with E-state index in [1.807, 2.05) is 24.3 Å². The van der Waals surface area contributed by atoms with Crippen molar-refractivity contribution in [3.05, 3.63) is 71.8 Å². The van der Waals surface area contributed by atoms with Crippen LogP contribution in [-0.4, -0.2) is 27.5 Å². The maximum Gasteiger partial charge on any atom is 0.326 e. The molecule has 0 saturated carbocycles. The summed E-state index contributed by atoms with van der Waals surface area (Å²) in [6.45, 7) is 1.41. The van der Waals surface area contributed by atoms with E-state index in [0.29, 0.717) is 10.7 Å². The quantitative estimate of drug-likeness (QED) is 0.577. The Bertz CT molecular complexity index is 1060. The summed E-state index contributed by atoms with van der Waals surface area (Å²) in [5.74, 6) is -0.628. The van der Waals surface area contributed by atoms with Gasteiger partial charge in [-0.25, -0.2) is 8.42 Å². The van der Waals surface area contributed by atoms with Gasteiger partial charge >= 0.3 is 5.97 Å². The lowest BCUT2D eigenvalue weighted by molar-refractivity contribution is -0.141. The van der Waals surface area contributed by atoms with Crippen LogP contribution in [0, 0.1) is 0 Å². The molecule has 0 spiro atoms. The molecule has 3 rings (SSSR count). The molecule has 27 heavy (non-hydrogen) atoms. The van der Waals surface area contributed by atoms with E-state index in [-0.39, 0.29) is 11.5 Å². The maximum atomic E-state index is 13.3. The van der Waals surface area contributed by atoms with E-state index >= 15 is 0 Å². The van der Waals surface area contributed by atoms with Gasteiger partial charge in [0.15, 0.2) is 0 Å². The molecule has 140 valence electrons. The van der Waals surface area contributed by atoms with Gasteiger partial charge in [-0.15, -0.1) is 0 Å². The minimum absolute atomic E-state index is 0.0976. The SMILES string of the molecule is CCOC(=O)CN(c1ccc(Cl)cc1)S(=O)(=O)c1ccc2ccccc2c1. The first-order valence-corrected chi connectivity index (χ1v) is 10.2. The van der Waals surface area contributed by atoms with Crippen molar-refractivity contribution in [2.45, 2.75) is 11.8 Å². The van der Waals surface area contributed by atoms with Gasteiger partial charge in [0.2, 0.25) is 0 Å². The number of hydrogen-bond acceptors (Lipinski definition) is 4. The summed E-state index contributed by atoms with van der Waals surface area (Å²) in [5, 5.41) is 2.20. The molecule has 0 fully saturated rings. The Balaban J connectivity index is 2.07. The number of benzene rings is 3. The van der Waals surface area contributed by atoms with Crippen LogP contribution >= 0.6 is 11.6 Å². The van der Waals surface area contributed by atoms with Crippen LogP contribution in [-0.2, 0) is 19.6 Å². The average molecular weight is 404 g/mol. The molecular formula is C20H18ClNO4S. The Morgan fingerprint density at radius 3 is 2.33 bits per heavy atom. The fourth-order valence-corrected chi connectivity index (χ4v) is 4.27. The van der Waals surface area contributed by atoms with E-state index in [9.17, 15) is 13.2 Å². The molecule has 0 unspecified atom stereocenters. The third kappa shape index (κ3) is 4.23. The summed E-state index contributed by atoms with van der Waals surface area (Å²) in [7, 11) is -3.98. The van der Waals surface area contributed by atoms with Gasteiger partial charge in [-0.2, -0.15) is 0 Å². The Morgan fingerprint density at radius 2 is 1.67 bits per heavy atom. The summed E-state index contributed by atoms with van der Waals surface area (Å²) in [5.41, 5.74) is 0.334. The van der Waals surface area contributed by atoms with Crippen molar-refractivity contribution >= 4 is 44.1 Å².